The van der Waals surface area contributed by atoms with E-state index in [9.17, 15) is 14.4 Å². The molecule has 166 valence electrons. The van der Waals surface area contributed by atoms with Gasteiger partial charge in [-0.3, -0.25) is 19.7 Å². The summed E-state index contributed by atoms with van der Waals surface area (Å²) in [6.45, 7) is 4.81. The van der Waals surface area contributed by atoms with E-state index in [-0.39, 0.29) is 24.1 Å². The summed E-state index contributed by atoms with van der Waals surface area (Å²) >= 11 is 0. The highest BCUT2D eigenvalue weighted by atomic mass is 16.5. The molecule has 0 aliphatic carbocycles. The molecule has 1 spiro atoms. The van der Waals surface area contributed by atoms with E-state index in [0.29, 0.717) is 36.5 Å². The molecule has 0 aromatic heterocycles. The summed E-state index contributed by atoms with van der Waals surface area (Å²) < 4.78 is 5.56. The first-order valence-electron chi connectivity index (χ1n) is 11.3. The van der Waals surface area contributed by atoms with Crippen molar-refractivity contribution >= 4 is 17.7 Å². The molecular formula is C23H30N4O4. The molecule has 3 saturated heterocycles. The molecule has 3 amide bonds. The summed E-state index contributed by atoms with van der Waals surface area (Å²) in [5.41, 5.74) is 3.10. The van der Waals surface area contributed by atoms with Crippen molar-refractivity contribution in [3.8, 4) is 0 Å². The highest BCUT2D eigenvalue weighted by Gasteiger charge is 2.40. The number of fused-ring (bicyclic) bond motifs is 1. The molecule has 2 unspecified atom stereocenters. The van der Waals surface area contributed by atoms with Gasteiger partial charge in [-0.15, -0.1) is 0 Å². The Balaban J connectivity index is 1.26. The van der Waals surface area contributed by atoms with Crippen molar-refractivity contribution in [3.63, 3.8) is 0 Å². The van der Waals surface area contributed by atoms with E-state index in [1.54, 1.807) is 4.90 Å². The summed E-state index contributed by atoms with van der Waals surface area (Å²) in [6.07, 6.45) is 4.01. The fourth-order valence-corrected chi connectivity index (χ4v) is 5.58. The molecule has 1 aromatic rings. The third kappa shape index (κ3) is 4.00. The lowest BCUT2D eigenvalue weighted by atomic mass is 9.73. The maximum absolute atomic E-state index is 13.0. The van der Waals surface area contributed by atoms with Crippen LogP contribution in [0.15, 0.2) is 18.2 Å². The van der Waals surface area contributed by atoms with Gasteiger partial charge in [0.25, 0.3) is 5.91 Å². The van der Waals surface area contributed by atoms with Crippen molar-refractivity contribution in [2.45, 2.75) is 57.3 Å². The normalized spacial score (nSPS) is 28.0. The maximum Gasteiger partial charge on any atom is 0.255 e. The number of nitrogens with one attached hydrogen (secondary N) is 3. The number of hydrogen-bond donors (Lipinski definition) is 3. The van der Waals surface area contributed by atoms with Crippen LogP contribution in [0.2, 0.25) is 0 Å². The Morgan fingerprint density at radius 2 is 2.03 bits per heavy atom. The van der Waals surface area contributed by atoms with Gasteiger partial charge in [0.05, 0.1) is 0 Å². The van der Waals surface area contributed by atoms with Gasteiger partial charge in [-0.2, -0.15) is 0 Å². The van der Waals surface area contributed by atoms with E-state index in [1.165, 1.54) is 0 Å². The molecule has 4 aliphatic rings. The smallest absolute Gasteiger partial charge is 0.255 e. The Labute approximate surface area is 182 Å². The number of nitrogens with zero attached hydrogens (tertiary/aromatic N) is 1. The predicted octanol–water partition coefficient (Wildman–Crippen LogP) is 0.696. The van der Waals surface area contributed by atoms with Crippen LogP contribution in [-0.4, -0.2) is 61.0 Å². The number of carbonyl (C=O) groups excluding carboxylic acids is 3. The highest BCUT2D eigenvalue weighted by molar-refractivity contribution is 6.05. The Kier molecular flexibility index (Phi) is 5.54. The van der Waals surface area contributed by atoms with Gasteiger partial charge in [-0.05, 0) is 48.3 Å². The summed E-state index contributed by atoms with van der Waals surface area (Å²) in [4.78, 5) is 38.4. The van der Waals surface area contributed by atoms with Crippen molar-refractivity contribution in [1.29, 1.82) is 0 Å². The molecule has 3 fully saturated rings. The molecular weight excluding hydrogens is 396 g/mol. The van der Waals surface area contributed by atoms with Crippen molar-refractivity contribution < 1.29 is 19.1 Å². The molecule has 2 atom stereocenters. The number of amides is 3. The van der Waals surface area contributed by atoms with Crippen LogP contribution in [0, 0.1) is 5.41 Å². The lowest BCUT2D eigenvalue weighted by Gasteiger charge is -2.44. The van der Waals surface area contributed by atoms with Gasteiger partial charge >= 0.3 is 0 Å². The van der Waals surface area contributed by atoms with Gasteiger partial charge in [-0.25, -0.2) is 0 Å². The largest absolute Gasteiger partial charge is 0.381 e. The van der Waals surface area contributed by atoms with Crippen LogP contribution in [-0.2, 0) is 27.4 Å². The molecule has 0 bridgehead atoms. The van der Waals surface area contributed by atoms with Gasteiger partial charge in [0, 0.05) is 57.4 Å². The summed E-state index contributed by atoms with van der Waals surface area (Å²) in [5.74, 6) is -0.752. The quantitative estimate of drug-likeness (QED) is 0.613. The number of imide groups is 1. The van der Waals surface area contributed by atoms with E-state index in [0.717, 1.165) is 56.7 Å². The van der Waals surface area contributed by atoms with Crippen molar-refractivity contribution in [2.24, 2.45) is 5.41 Å². The lowest BCUT2D eigenvalue weighted by molar-refractivity contribution is -0.136. The van der Waals surface area contributed by atoms with E-state index in [1.807, 2.05) is 12.1 Å². The molecule has 4 heterocycles. The molecule has 3 N–H and O–H groups in total. The number of piperidine rings is 2. The van der Waals surface area contributed by atoms with Crippen LogP contribution in [0.3, 0.4) is 0 Å². The number of rotatable bonds is 4. The van der Waals surface area contributed by atoms with E-state index in [4.69, 9.17) is 4.74 Å². The average molecular weight is 427 g/mol. The summed E-state index contributed by atoms with van der Waals surface area (Å²) in [7, 11) is 0. The number of carbonyl (C=O) groups is 3. The molecule has 8 heteroatoms. The lowest BCUT2D eigenvalue weighted by Crippen LogP contribution is -2.53. The maximum atomic E-state index is 13.0. The van der Waals surface area contributed by atoms with Crippen LogP contribution in [0.4, 0.5) is 0 Å². The second-order valence-corrected chi connectivity index (χ2v) is 9.37. The minimum Gasteiger partial charge on any atom is -0.381 e. The minimum atomic E-state index is -0.575. The SMILES string of the molecule is O=C1CCC(N2Cc3c(CNC4CNCC5(CCOCC5)C4)cccc3C2=O)C(=O)N1. The standard InChI is InChI=1S/C23H30N4O4/c28-20-5-4-19(21(29)26-20)27-13-18-15(2-1-3-17(18)22(27)30)11-25-16-10-23(14-24-12-16)6-8-31-9-7-23/h1-3,16,19,24-25H,4-14H2,(H,26,28,29). The Bertz CT molecular complexity index is 890. The van der Waals surface area contributed by atoms with E-state index < -0.39 is 6.04 Å². The number of hydrogen-bond acceptors (Lipinski definition) is 6. The zero-order valence-corrected chi connectivity index (χ0v) is 17.7. The van der Waals surface area contributed by atoms with Crippen LogP contribution in [0.25, 0.3) is 0 Å². The summed E-state index contributed by atoms with van der Waals surface area (Å²) in [5, 5.41) is 9.67. The first kappa shape index (κ1) is 20.6. The second kappa shape index (κ2) is 8.33. The molecule has 0 radical (unpaired) electrons. The zero-order chi connectivity index (χ0) is 21.4. The molecule has 8 nitrogen and oxygen atoms in total. The highest BCUT2D eigenvalue weighted by Crippen LogP contribution is 2.37. The fraction of sp³-hybridized carbons (Fsp3) is 0.609. The van der Waals surface area contributed by atoms with Gasteiger partial charge in [0.1, 0.15) is 6.04 Å². The third-order valence-corrected chi connectivity index (χ3v) is 7.38. The average Bonchev–Trinajstić information content (AvgIpc) is 3.10. The minimum absolute atomic E-state index is 0.119. The second-order valence-electron chi connectivity index (χ2n) is 9.37. The van der Waals surface area contributed by atoms with Gasteiger partial charge < -0.3 is 20.3 Å². The van der Waals surface area contributed by atoms with Gasteiger partial charge in [0.2, 0.25) is 11.8 Å². The van der Waals surface area contributed by atoms with Crippen LogP contribution >= 0.6 is 0 Å². The Hall–Kier alpha value is -2.29. The third-order valence-electron chi connectivity index (χ3n) is 7.38. The van der Waals surface area contributed by atoms with Crippen LogP contribution in [0.1, 0.15) is 53.6 Å². The molecule has 31 heavy (non-hydrogen) atoms. The van der Waals surface area contributed by atoms with Crippen molar-refractivity contribution in [1.82, 2.24) is 20.9 Å². The van der Waals surface area contributed by atoms with Gasteiger partial charge in [0.15, 0.2) is 0 Å². The first-order chi connectivity index (χ1) is 15.0. The topological polar surface area (TPSA) is 99.8 Å². The van der Waals surface area contributed by atoms with Gasteiger partial charge in [-0.1, -0.05) is 12.1 Å². The van der Waals surface area contributed by atoms with Crippen LogP contribution in [0.5, 0.6) is 0 Å². The number of benzene rings is 1. The molecule has 1 aromatic carbocycles. The predicted molar refractivity (Wildman–Crippen MR) is 113 cm³/mol. The molecule has 5 rings (SSSR count). The molecule has 0 saturated carbocycles. The Morgan fingerprint density at radius 1 is 1.19 bits per heavy atom. The number of ether oxygens (including phenoxy) is 1. The van der Waals surface area contributed by atoms with Crippen LogP contribution < -0.4 is 16.0 Å². The van der Waals surface area contributed by atoms with Crippen molar-refractivity contribution in [2.75, 3.05) is 26.3 Å². The first-order valence-corrected chi connectivity index (χ1v) is 11.3. The fourth-order valence-electron chi connectivity index (χ4n) is 5.58. The zero-order valence-electron chi connectivity index (χ0n) is 17.7. The molecule has 4 aliphatic heterocycles. The Morgan fingerprint density at radius 3 is 2.84 bits per heavy atom. The van der Waals surface area contributed by atoms with Crippen molar-refractivity contribution in [3.05, 3.63) is 34.9 Å². The monoisotopic (exact) mass is 426 g/mol. The van der Waals surface area contributed by atoms with E-state index in [2.05, 4.69) is 22.0 Å². The summed E-state index contributed by atoms with van der Waals surface area (Å²) in [6, 6.07) is 5.63. The van der Waals surface area contributed by atoms with E-state index >= 15 is 0 Å².